The highest BCUT2D eigenvalue weighted by atomic mass is 16.1. The fourth-order valence-electron chi connectivity index (χ4n) is 2.51. The van der Waals surface area contributed by atoms with Crippen LogP contribution in [-0.2, 0) is 0 Å². The van der Waals surface area contributed by atoms with Gasteiger partial charge in [-0.15, -0.1) is 0 Å². The monoisotopic (exact) mass is 289 g/mol. The van der Waals surface area contributed by atoms with E-state index in [0.29, 0.717) is 18.0 Å². The topological polar surface area (TPSA) is 58.4 Å². The first-order valence-electron chi connectivity index (χ1n) is 7.97. The van der Waals surface area contributed by atoms with Gasteiger partial charge in [0.15, 0.2) is 0 Å². The van der Waals surface area contributed by atoms with Gasteiger partial charge in [-0.05, 0) is 49.4 Å². The highest BCUT2D eigenvalue weighted by Gasteiger charge is 2.31. The van der Waals surface area contributed by atoms with E-state index in [1.807, 2.05) is 24.3 Å². The lowest BCUT2D eigenvalue weighted by Gasteiger charge is -2.20. The minimum atomic E-state index is -0.0138. The number of nitrogens with one attached hydrogen (secondary N) is 1. The second-order valence-electron chi connectivity index (χ2n) is 5.98. The van der Waals surface area contributed by atoms with Gasteiger partial charge in [0.1, 0.15) is 0 Å². The van der Waals surface area contributed by atoms with Crippen LogP contribution in [0, 0.1) is 5.92 Å². The molecule has 1 aliphatic rings. The number of carbonyl (C=O) groups is 1. The molecular weight excluding hydrogens is 262 g/mol. The molecule has 0 spiro atoms. The quantitative estimate of drug-likeness (QED) is 0.772. The lowest BCUT2D eigenvalue weighted by atomic mass is 10.1. The first-order valence-corrected chi connectivity index (χ1v) is 7.97. The summed E-state index contributed by atoms with van der Waals surface area (Å²) in [7, 11) is 2.09. The molecule has 1 amide bonds. The number of unbranched alkanes of at least 4 members (excludes halogenated alkanes) is 1. The summed E-state index contributed by atoms with van der Waals surface area (Å²) in [4.78, 5) is 14.4. The standard InChI is InChI=1S/C17H27N3O/c1-3-4-11-20(2)15-9-7-14(8-10-15)17(21)19-16(12-18)13-5-6-13/h7-10,13,16H,3-6,11-12,18H2,1-2H3,(H,19,21). The molecule has 0 saturated heterocycles. The highest BCUT2D eigenvalue weighted by molar-refractivity contribution is 5.94. The summed E-state index contributed by atoms with van der Waals surface area (Å²) in [6, 6.07) is 7.95. The van der Waals surface area contributed by atoms with Gasteiger partial charge >= 0.3 is 0 Å². The third kappa shape index (κ3) is 4.46. The molecule has 1 aliphatic carbocycles. The number of benzene rings is 1. The van der Waals surface area contributed by atoms with Crippen molar-refractivity contribution in [3.05, 3.63) is 29.8 Å². The summed E-state index contributed by atoms with van der Waals surface area (Å²) >= 11 is 0. The number of hydrogen-bond donors (Lipinski definition) is 2. The fraction of sp³-hybridized carbons (Fsp3) is 0.588. The average molecular weight is 289 g/mol. The molecule has 116 valence electrons. The molecule has 3 N–H and O–H groups in total. The number of hydrogen-bond acceptors (Lipinski definition) is 3. The van der Waals surface area contributed by atoms with Crippen LogP contribution in [0.3, 0.4) is 0 Å². The van der Waals surface area contributed by atoms with Gasteiger partial charge < -0.3 is 16.0 Å². The number of rotatable bonds is 8. The van der Waals surface area contributed by atoms with Gasteiger partial charge in [-0.1, -0.05) is 13.3 Å². The van der Waals surface area contributed by atoms with Crippen LogP contribution in [-0.4, -0.2) is 32.1 Å². The van der Waals surface area contributed by atoms with Crippen LogP contribution in [0.5, 0.6) is 0 Å². The molecule has 0 heterocycles. The van der Waals surface area contributed by atoms with Crippen LogP contribution in [0.15, 0.2) is 24.3 Å². The van der Waals surface area contributed by atoms with Crippen LogP contribution >= 0.6 is 0 Å². The van der Waals surface area contributed by atoms with E-state index in [2.05, 4.69) is 24.2 Å². The molecule has 1 aromatic carbocycles. The minimum absolute atomic E-state index is 0.0138. The van der Waals surface area contributed by atoms with Gasteiger partial charge in [0.25, 0.3) is 5.91 Å². The fourth-order valence-corrected chi connectivity index (χ4v) is 2.51. The molecular formula is C17H27N3O. The van der Waals surface area contributed by atoms with E-state index in [-0.39, 0.29) is 11.9 Å². The Morgan fingerprint density at radius 1 is 1.38 bits per heavy atom. The van der Waals surface area contributed by atoms with Crippen molar-refractivity contribution in [2.24, 2.45) is 11.7 Å². The van der Waals surface area contributed by atoms with E-state index < -0.39 is 0 Å². The summed E-state index contributed by atoms with van der Waals surface area (Å²) in [5.74, 6) is 0.568. The molecule has 1 saturated carbocycles. The van der Waals surface area contributed by atoms with E-state index in [1.165, 1.54) is 25.7 Å². The third-order valence-corrected chi connectivity index (χ3v) is 4.18. The molecule has 1 atom stereocenters. The summed E-state index contributed by atoms with van der Waals surface area (Å²) in [5, 5.41) is 3.05. The van der Waals surface area contributed by atoms with Crippen molar-refractivity contribution in [2.75, 3.05) is 25.0 Å². The number of nitrogens with two attached hydrogens (primary N) is 1. The first kappa shape index (κ1) is 15.8. The predicted molar refractivity (Wildman–Crippen MR) is 87.7 cm³/mol. The highest BCUT2D eigenvalue weighted by Crippen LogP contribution is 2.32. The Morgan fingerprint density at radius 3 is 2.57 bits per heavy atom. The van der Waals surface area contributed by atoms with Gasteiger partial charge in [0.05, 0.1) is 0 Å². The van der Waals surface area contributed by atoms with E-state index in [0.717, 1.165) is 12.2 Å². The number of anilines is 1. The normalized spacial score (nSPS) is 15.6. The van der Waals surface area contributed by atoms with Crippen LogP contribution in [0.4, 0.5) is 5.69 Å². The SMILES string of the molecule is CCCCN(C)c1ccc(C(=O)NC(CN)C2CC2)cc1. The number of amides is 1. The van der Waals surface area contributed by atoms with Crippen molar-refractivity contribution in [3.8, 4) is 0 Å². The second kappa shape index (κ2) is 7.46. The van der Waals surface area contributed by atoms with Crippen LogP contribution in [0.25, 0.3) is 0 Å². The molecule has 21 heavy (non-hydrogen) atoms. The lowest BCUT2D eigenvalue weighted by Crippen LogP contribution is -2.41. The molecule has 0 aromatic heterocycles. The third-order valence-electron chi connectivity index (χ3n) is 4.18. The van der Waals surface area contributed by atoms with E-state index in [1.54, 1.807) is 0 Å². The maximum Gasteiger partial charge on any atom is 0.251 e. The molecule has 0 aliphatic heterocycles. The zero-order valence-corrected chi connectivity index (χ0v) is 13.1. The van der Waals surface area contributed by atoms with Crippen molar-refractivity contribution >= 4 is 11.6 Å². The van der Waals surface area contributed by atoms with Crippen molar-refractivity contribution in [1.82, 2.24) is 5.32 Å². The summed E-state index contributed by atoms with van der Waals surface area (Å²) < 4.78 is 0. The van der Waals surface area contributed by atoms with Crippen LogP contribution < -0.4 is 16.0 Å². The van der Waals surface area contributed by atoms with Crippen molar-refractivity contribution in [2.45, 2.75) is 38.6 Å². The Balaban J connectivity index is 1.92. The van der Waals surface area contributed by atoms with Crippen LogP contribution in [0.2, 0.25) is 0 Å². The van der Waals surface area contributed by atoms with Gasteiger partial charge in [-0.2, -0.15) is 0 Å². The van der Waals surface area contributed by atoms with Gasteiger partial charge in [0.2, 0.25) is 0 Å². The molecule has 1 fully saturated rings. The molecule has 0 bridgehead atoms. The van der Waals surface area contributed by atoms with E-state index in [4.69, 9.17) is 5.73 Å². The Morgan fingerprint density at radius 2 is 2.05 bits per heavy atom. The summed E-state index contributed by atoms with van der Waals surface area (Å²) in [5.41, 5.74) is 7.59. The summed E-state index contributed by atoms with van der Waals surface area (Å²) in [6.45, 7) is 3.75. The molecule has 2 rings (SSSR count). The Bertz CT molecular complexity index is 454. The Hall–Kier alpha value is -1.55. The molecule has 1 aromatic rings. The van der Waals surface area contributed by atoms with Crippen LogP contribution in [0.1, 0.15) is 43.0 Å². The maximum atomic E-state index is 12.2. The molecule has 1 unspecified atom stereocenters. The van der Waals surface area contributed by atoms with Gasteiger partial charge in [0, 0.05) is 37.4 Å². The maximum absolute atomic E-state index is 12.2. The molecule has 0 radical (unpaired) electrons. The van der Waals surface area contributed by atoms with Gasteiger partial charge in [-0.3, -0.25) is 4.79 Å². The van der Waals surface area contributed by atoms with E-state index in [9.17, 15) is 4.79 Å². The zero-order chi connectivity index (χ0) is 15.2. The lowest BCUT2D eigenvalue weighted by molar-refractivity contribution is 0.0933. The zero-order valence-electron chi connectivity index (χ0n) is 13.1. The molecule has 4 nitrogen and oxygen atoms in total. The van der Waals surface area contributed by atoms with E-state index >= 15 is 0 Å². The summed E-state index contributed by atoms with van der Waals surface area (Å²) in [6.07, 6.45) is 4.73. The Labute approximate surface area is 127 Å². The van der Waals surface area contributed by atoms with Crippen molar-refractivity contribution < 1.29 is 4.79 Å². The van der Waals surface area contributed by atoms with Gasteiger partial charge in [-0.25, -0.2) is 0 Å². The number of carbonyl (C=O) groups excluding carboxylic acids is 1. The Kier molecular flexibility index (Phi) is 5.62. The number of nitrogens with zero attached hydrogens (tertiary/aromatic N) is 1. The average Bonchev–Trinajstić information content (AvgIpc) is 3.35. The first-order chi connectivity index (χ1) is 10.2. The van der Waals surface area contributed by atoms with Crippen molar-refractivity contribution in [3.63, 3.8) is 0 Å². The smallest absolute Gasteiger partial charge is 0.251 e. The predicted octanol–water partition coefficient (Wildman–Crippen LogP) is 2.39. The molecule has 4 heteroatoms. The largest absolute Gasteiger partial charge is 0.375 e. The van der Waals surface area contributed by atoms with Crippen molar-refractivity contribution in [1.29, 1.82) is 0 Å². The minimum Gasteiger partial charge on any atom is -0.375 e. The second-order valence-corrected chi connectivity index (χ2v) is 5.98.